The van der Waals surface area contributed by atoms with Gasteiger partial charge in [0.05, 0.1) is 20.3 Å². The first kappa shape index (κ1) is 17.8. The number of para-hydroxylation sites is 1. The molecule has 0 aliphatic carbocycles. The first-order valence-electron chi connectivity index (χ1n) is 7.76. The lowest BCUT2D eigenvalue weighted by Crippen LogP contribution is -2.20. The van der Waals surface area contributed by atoms with Gasteiger partial charge in [0.15, 0.2) is 11.5 Å². The fraction of sp³-hybridized carbons (Fsp3) is 0.647. The summed E-state index contributed by atoms with van der Waals surface area (Å²) >= 11 is 0. The molecule has 0 saturated heterocycles. The summed E-state index contributed by atoms with van der Waals surface area (Å²) in [7, 11) is 1.68. The van der Waals surface area contributed by atoms with Gasteiger partial charge in [-0.05, 0) is 25.3 Å². The maximum absolute atomic E-state index is 5.58. The van der Waals surface area contributed by atoms with Gasteiger partial charge in [0.25, 0.3) is 0 Å². The van der Waals surface area contributed by atoms with Crippen molar-refractivity contribution >= 4 is 0 Å². The van der Waals surface area contributed by atoms with E-state index >= 15 is 0 Å². The summed E-state index contributed by atoms with van der Waals surface area (Å²) in [6.07, 6.45) is 1.12. The van der Waals surface area contributed by atoms with E-state index in [2.05, 4.69) is 19.2 Å². The highest BCUT2D eigenvalue weighted by molar-refractivity contribution is 5.46. The second-order valence-electron chi connectivity index (χ2n) is 5.35. The number of rotatable bonds is 11. The number of methoxy groups -OCH3 is 1. The lowest BCUT2D eigenvalue weighted by molar-refractivity contribution is 0.125. The molecule has 0 spiro atoms. The van der Waals surface area contributed by atoms with Crippen molar-refractivity contribution in [3.8, 4) is 11.5 Å². The van der Waals surface area contributed by atoms with Crippen LogP contribution in [0.15, 0.2) is 18.2 Å². The van der Waals surface area contributed by atoms with E-state index < -0.39 is 0 Å². The van der Waals surface area contributed by atoms with Crippen molar-refractivity contribution in [2.24, 2.45) is 5.92 Å². The highest BCUT2D eigenvalue weighted by atomic mass is 16.5. The fourth-order valence-electron chi connectivity index (χ4n) is 1.99. The molecule has 1 N–H and O–H groups in total. The molecule has 0 aliphatic rings. The molecule has 0 aromatic heterocycles. The molecule has 0 aliphatic heterocycles. The van der Waals surface area contributed by atoms with Crippen molar-refractivity contribution in [2.75, 3.05) is 33.5 Å². The largest absolute Gasteiger partial charge is 0.493 e. The Bertz CT molecular complexity index is 394. The molecular formula is C17H29NO3. The predicted octanol–water partition coefficient (Wildman–Crippen LogP) is 3.25. The molecule has 0 amide bonds. The van der Waals surface area contributed by atoms with Crippen LogP contribution in [-0.4, -0.2) is 33.5 Å². The van der Waals surface area contributed by atoms with Crippen LogP contribution in [0.1, 0.15) is 32.8 Å². The Kier molecular flexibility index (Phi) is 8.87. The van der Waals surface area contributed by atoms with Crippen molar-refractivity contribution in [3.05, 3.63) is 23.8 Å². The summed E-state index contributed by atoms with van der Waals surface area (Å²) in [4.78, 5) is 0. The SMILES string of the molecule is CCOc1cccc(CNCCOCCC(C)C)c1OC. The monoisotopic (exact) mass is 295 g/mol. The van der Waals surface area contributed by atoms with Gasteiger partial charge in [0.2, 0.25) is 0 Å². The zero-order chi connectivity index (χ0) is 15.5. The van der Waals surface area contributed by atoms with Crippen LogP contribution in [0.3, 0.4) is 0 Å². The molecule has 1 aromatic rings. The third kappa shape index (κ3) is 6.82. The predicted molar refractivity (Wildman–Crippen MR) is 86.1 cm³/mol. The first-order valence-corrected chi connectivity index (χ1v) is 7.76. The van der Waals surface area contributed by atoms with E-state index in [1.54, 1.807) is 7.11 Å². The average molecular weight is 295 g/mol. The van der Waals surface area contributed by atoms with E-state index in [9.17, 15) is 0 Å². The number of hydrogen-bond acceptors (Lipinski definition) is 4. The molecule has 1 rings (SSSR count). The Morgan fingerprint density at radius 3 is 2.67 bits per heavy atom. The average Bonchev–Trinajstić information content (AvgIpc) is 2.46. The van der Waals surface area contributed by atoms with E-state index in [1.807, 2.05) is 25.1 Å². The molecule has 0 heterocycles. The van der Waals surface area contributed by atoms with Gasteiger partial charge in [-0.3, -0.25) is 0 Å². The molecular weight excluding hydrogens is 266 g/mol. The van der Waals surface area contributed by atoms with Gasteiger partial charge in [-0.2, -0.15) is 0 Å². The summed E-state index contributed by atoms with van der Waals surface area (Å²) in [6, 6.07) is 5.97. The molecule has 0 saturated carbocycles. The molecule has 1 aromatic carbocycles. The summed E-state index contributed by atoms with van der Waals surface area (Å²) in [5, 5.41) is 3.37. The van der Waals surface area contributed by atoms with Crippen molar-refractivity contribution in [1.29, 1.82) is 0 Å². The van der Waals surface area contributed by atoms with E-state index in [0.717, 1.165) is 49.8 Å². The molecule has 0 unspecified atom stereocenters. The lowest BCUT2D eigenvalue weighted by atomic mass is 10.1. The standard InChI is InChI=1S/C17H29NO3/c1-5-21-16-8-6-7-15(17(16)19-4)13-18-10-12-20-11-9-14(2)3/h6-8,14,18H,5,9-13H2,1-4H3. The van der Waals surface area contributed by atoms with Crippen LogP contribution in [0.2, 0.25) is 0 Å². The second-order valence-corrected chi connectivity index (χ2v) is 5.35. The maximum atomic E-state index is 5.58. The Morgan fingerprint density at radius 2 is 2.00 bits per heavy atom. The minimum Gasteiger partial charge on any atom is -0.493 e. The van der Waals surface area contributed by atoms with Gasteiger partial charge < -0.3 is 19.5 Å². The molecule has 21 heavy (non-hydrogen) atoms. The summed E-state index contributed by atoms with van der Waals surface area (Å²) in [6.45, 7) is 10.2. The highest BCUT2D eigenvalue weighted by Gasteiger charge is 2.09. The molecule has 0 fully saturated rings. The summed E-state index contributed by atoms with van der Waals surface area (Å²) in [5.74, 6) is 2.31. The van der Waals surface area contributed by atoms with Crippen LogP contribution in [0.25, 0.3) is 0 Å². The van der Waals surface area contributed by atoms with Gasteiger partial charge >= 0.3 is 0 Å². The maximum Gasteiger partial charge on any atom is 0.165 e. The van der Waals surface area contributed by atoms with Crippen LogP contribution >= 0.6 is 0 Å². The van der Waals surface area contributed by atoms with Crippen LogP contribution < -0.4 is 14.8 Å². The quantitative estimate of drug-likeness (QED) is 0.636. The smallest absolute Gasteiger partial charge is 0.165 e. The van der Waals surface area contributed by atoms with E-state index in [1.165, 1.54) is 0 Å². The second kappa shape index (κ2) is 10.5. The molecule has 0 atom stereocenters. The molecule has 0 bridgehead atoms. The van der Waals surface area contributed by atoms with E-state index in [-0.39, 0.29) is 0 Å². The summed E-state index contributed by atoms with van der Waals surface area (Å²) in [5.41, 5.74) is 1.10. The minimum atomic E-state index is 0.636. The minimum absolute atomic E-state index is 0.636. The van der Waals surface area contributed by atoms with Crippen molar-refractivity contribution < 1.29 is 14.2 Å². The Balaban J connectivity index is 2.33. The summed E-state index contributed by atoms with van der Waals surface area (Å²) < 4.78 is 16.6. The highest BCUT2D eigenvalue weighted by Crippen LogP contribution is 2.30. The van der Waals surface area contributed by atoms with Gasteiger partial charge in [0, 0.05) is 25.3 Å². The molecule has 4 heteroatoms. The normalized spacial score (nSPS) is 10.9. The third-order valence-corrected chi connectivity index (χ3v) is 3.14. The van der Waals surface area contributed by atoms with Gasteiger partial charge in [-0.1, -0.05) is 26.0 Å². The fourth-order valence-corrected chi connectivity index (χ4v) is 1.99. The first-order chi connectivity index (χ1) is 10.2. The number of ether oxygens (including phenoxy) is 3. The van der Waals surface area contributed by atoms with Crippen molar-refractivity contribution in [2.45, 2.75) is 33.7 Å². The van der Waals surface area contributed by atoms with Crippen molar-refractivity contribution in [3.63, 3.8) is 0 Å². The molecule has 4 nitrogen and oxygen atoms in total. The molecule has 0 radical (unpaired) electrons. The zero-order valence-corrected chi connectivity index (χ0v) is 13.8. The van der Waals surface area contributed by atoms with Gasteiger partial charge in [-0.15, -0.1) is 0 Å². The Morgan fingerprint density at radius 1 is 1.19 bits per heavy atom. The number of hydrogen-bond donors (Lipinski definition) is 1. The van der Waals surface area contributed by atoms with Crippen molar-refractivity contribution in [1.82, 2.24) is 5.32 Å². The van der Waals surface area contributed by atoms with Gasteiger partial charge in [-0.25, -0.2) is 0 Å². The Hall–Kier alpha value is -1.26. The topological polar surface area (TPSA) is 39.7 Å². The van der Waals surface area contributed by atoms with Crippen LogP contribution in [0, 0.1) is 5.92 Å². The van der Waals surface area contributed by atoms with Crippen LogP contribution in [-0.2, 0) is 11.3 Å². The van der Waals surface area contributed by atoms with Gasteiger partial charge in [0.1, 0.15) is 0 Å². The van der Waals surface area contributed by atoms with Crippen LogP contribution in [0.5, 0.6) is 11.5 Å². The third-order valence-electron chi connectivity index (χ3n) is 3.14. The van der Waals surface area contributed by atoms with Crippen LogP contribution in [0.4, 0.5) is 0 Å². The Labute approximate surface area is 128 Å². The molecule has 120 valence electrons. The number of benzene rings is 1. The number of nitrogens with one attached hydrogen (secondary N) is 1. The zero-order valence-electron chi connectivity index (χ0n) is 13.8. The van der Waals surface area contributed by atoms with E-state index in [0.29, 0.717) is 12.5 Å². The van der Waals surface area contributed by atoms with E-state index in [4.69, 9.17) is 14.2 Å². The lowest BCUT2D eigenvalue weighted by Gasteiger charge is -2.14.